The van der Waals surface area contributed by atoms with E-state index in [-0.39, 0.29) is 11.7 Å². The molecule has 1 rings (SSSR count). The lowest BCUT2D eigenvalue weighted by Gasteiger charge is -2.18. The summed E-state index contributed by atoms with van der Waals surface area (Å²) in [5, 5.41) is 3.81. The lowest BCUT2D eigenvalue weighted by Crippen LogP contribution is -2.23. The number of rotatable bonds is 4. The quantitative estimate of drug-likeness (QED) is 0.832. The van der Waals surface area contributed by atoms with Crippen LogP contribution in [-0.2, 0) is 0 Å². The molecule has 1 nitrogen and oxygen atoms in total. The molecule has 1 N–H and O–H groups in total. The zero-order valence-corrected chi connectivity index (χ0v) is 10.1. The van der Waals surface area contributed by atoms with Crippen molar-refractivity contribution in [3.8, 4) is 0 Å². The van der Waals surface area contributed by atoms with Gasteiger partial charge in [-0.2, -0.15) is 0 Å². The Labute approximate surface area is 95.6 Å². The van der Waals surface area contributed by atoms with Gasteiger partial charge in [0.2, 0.25) is 0 Å². The Bertz CT molecular complexity index is 327. The van der Waals surface area contributed by atoms with Crippen LogP contribution in [0.4, 0.5) is 4.39 Å². The Morgan fingerprint density at radius 3 is 2.67 bits per heavy atom. The smallest absolute Gasteiger partial charge is 0.123 e. The van der Waals surface area contributed by atoms with E-state index in [1.54, 1.807) is 6.07 Å². The third-order valence-corrected chi connectivity index (χ3v) is 3.03. The minimum atomic E-state index is -0.224. The Balaban J connectivity index is 2.80. The molecular formula is C12H17ClFN. The van der Waals surface area contributed by atoms with Gasteiger partial charge in [0.25, 0.3) is 0 Å². The van der Waals surface area contributed by atoms with Crippen molar-refractivity contribution in [2.24, 2.45) is 0 Å². The summed E-state index contributed by atoms with van der Waals surface area (Å²) in [5.41, 5.74) is 0.888. The minimum Gasteiger partial charge on any atom is -0.317 e. The fraction of sp³-hybridized carbons (Fsp3) is 0.500. The van der Waals surface area contributed by atoms with Gasteiger partial charge in [-0.15, -0.1) is 0 Å². The summed E-state index contributed by atoms with van der Waals surface area (Å²) in [6, 6.07) is 4.93. The highest BCUT2D eigenvalue weighted by Gasteiger charge is 2.13. The molecule has 0 aliphatic rings. The molecule has 3 heteroatoms. The molecule has 1 aromatic rings. The van der Waals surface area contributed by atoms with E-state index in [2.05, 4.69) is 19.2 Å². The van der Waals surface area contributed by atoms with E-state index in [9.17, 15) is 4.39 Å². The predicted octanol–water partition coefficient (Wildman–Crippen LogP) is 3.58. The van der Waals surface area contributed by atoms with Crippen molar-refractivity contribution >= 4 is 11.6 Å². The Kier molecular flexibility index (Phi) is 4.55. The lowest BCUT2D eigenvalue weighted by molar-refractivity contribution is 0.513. The van der Waals surface area contributed by atoms with Crippen LogP contribution in [0.5, 0.6) is 0 Å². The van der Waals surface area contributed by atoms with Crippen molar-refractivity contribution in [1.82, 2.24) is 5.32 Å². The van der Waals surface area contributed by atoms with Crippen LogP contribution in [0.25, 0.3) is 0 Å². The van der Waals surface area contributed by atoms with Crippen LogP contribution < -0.4 is 5.32 Å². The molecule has 1 aromatic carbocycles. The first kappa shape index (κ1) is 12.5. The third kappa shape index (κ3) is 3.47. The highest BCUT2D eigenvalue weighted by atomic mass is 35.5. The second kappa shape index (κ2) is 5.47. The molecule has 0 bridgehead atoms. The molecule has 0 fully saturated rings. The molecule has 0 radical (unpaired) electrons. The summed E-state index contributed by atoms with van der Waals surface area (Å²) in [6.45, 7) is 4.16. The summed E-state index contributed by atoms with van der Waals surface area (Å²) in [6.07, 6.45) is 0.944. The number of hydrogen-bond acceptors (Lipinski definition) is 1. The molecule has 0 saturated carbocycles. The van der Waals surface area contributed by atoms with Crippen molar-refractivity contribution < 1.29 is 4.39 Å². The van der Waals surface area contributed by atoms with E-state index >= 15 is 0 Å². The second-order valence-corrected chi connectivity index (χ2v) is 4.40. The van der Waals surface area contributed by atoms with Gasteiger partial charge in [-0.25, -0.2) is 4.39 Å². The summed E-state index contributed by atoms with van der Waals surface area (Å²) >= 11 is 6.03. The van der Waals surface area contributed by atoms with Crippen LogP contribution in [0.3, 0.4) is 0 Å². The molecule has 0 aliphatic heterocycles. The predicted molar refractivity (Wildman–Crippen MR) is 63.0 cm³/mol. The molecule has 0 aromatic heterocycles. The molecule has 0 amide bonds. The number of nitrogens with one attached hydrogen (secondary N) is 1. The van der Waals surface area contributed by atoms with Gasteiger partial charge in [-0.3, -0.25) is 0 Å². The van der Waals surface area contributed by atoms with Gasteiger partial charge in [-0.05, 0) is 50.1 Å². The zero-order chi connectivity index (χ0) is 11.4. The van der Waals surface area contributed by atoms with Crippen LogP contribution >= 0.6 is 11.6 Å². The van der Waals surface area contributed by atoms with Crippen molar-refractivity contribution in [2.45, 2.75) is 32.2 Å². The van der Waals surface area contributed by atoms with Crippen LogP contribution in [0.2, 0.25) is 5.02 Å². The van der Waals surface area contributed by atoms with Crippen molar-refractivity contribution in [1.29, 1.82) is 0 Å². The Morgan fingerprint density at radius 1 is 1.40 bits per heavy atom. The summed E-state index contributed by atoms with van der Waals surface area (Å²) in [7, 11) is 1.92. The van der Waals surface area contributed by atoms with E-state index in [0.717, 1.165) is 12.0 Å². The molecule has 84 valence electrons. The maximum absolute atomic E-state index is 13.1. The van der Waals surface area contributed by atoms with E-state index in [4.69, 9.17) is 11.6 Å². The topological polar surface area (TPSA) is 12.0 Å². The van der Waals surface area contributed by atoms with E-state index in [0.29, 0.717) is 11.1 Å². The molecule has 0 aliphatic carbocycles. The highest BCUT2D eigenvalue weighted by Crippen LogP contribution is 2.28. The van der Waals surface area contributed by atoms with Gasteiger partial charge in [0.15, 0.2) is 0 Å². The number of halogens is 2. The Morgan fingerprint density at radius 2 is 2.07 bits per heavy atom. The fourth-order valence-corrected chi connectivity index (χ4v) is 1.97. The van der Waals surface area contributed by atoms with E-state index in [1.165, 1.54) is 12.1 Å². The van der Waals surface area contributed by atoms with Gasteiger partial charge >= 0.3 is 0 Å². The normalized spacial score (nSPS) is 15.0. The van der Waals surface area contributed by atoms with Crippen LogP contribution in [0.15, 0.2) is 18.2 Å². The van der Waals surface area contributed by atoms with Crippen molar-refractivity contribution in [2.75, 3.05) is 7.05 Å². The molecule has 15 heavy (non-hydrogen) atoms. The van der Waals surface area contributed by atoms with E-state index < -0.39 is 0 Å². The molecule has 2 atom stereocenters. The van der Waals surface area contributed by atoms with Crippen molar-refractivity contribution in [3.05, 3.63) is 34.6 Å². The van der Waals surface area contributed by atoms with Gasteiger partial charge in [0.1, 0.15) is 5.82 Å². The van der Waals surface area contributed by atoms with Crippen LogP contribution in [-0.4, -0.2) is 13.1 Å². The van der Waals surface area contributed by atoms with Crippen LogP contribution in [0.1, 0.15) is 31.7 Å². The SMILES string of the molecule is CNC(C)CC(C)c1cc(F)ccc1Cl. The third-order valence-electron chi connectivity index (χ3n) is 2.69. The van der Waals surface area contributed by atoms with E-state index in [1.807, 2.05) is 7.05 Å². The average Bonchev–Trinajstić information content (AvgIpc) is 2.21. The first-order valence-electron chi connectivity index (χ1n) is 5.16. The fourth-order valence-electron chi connectivity index (χ4n) is 1.67. The largest absolute Gasteiger partial charge is 0.317 e. The first-order chi connectivity index (χ1) is 7.04. The van der Waals surface area contributed by atoms with Crippen LogP contribution in [0, 0.1) is 5.82 Å². The maximum Gasteiger partial charge on any atom is 0.123 e. The van der Waals surface area contributed by atoms with Crippen molar-refractivity contribution in [3.63, 3.8) is 0 Å². The molecular weight excluding hydrogens is 213 g/mol. The standard InChI is InChI=1S/C12H17ClFN/c1-8(6-9(2)15-3)11-7-10(14)4-5-12(11)13/h4-5,7-9,15H,6H2,1-3H3. The molecule has 0 saturated heterocycles. The molecule has 2 unspecified atom stereocenters. The summed E-state index contributed by atoms with van der Waals surface area (Å²) < 4.78 is 13.1. The van der Waals surface area contributed by atoms with Gasteiger partial charge in [-0.1, -0.05) is 18.5 Å². The highest BCUT2D eigenvalue weighted by molar-refractivity contribution is 6.31. The summed E-state index contributed by atoms with van der Waals surface area (Å²) in [5.74, 6) is 0.0361. The first-order valence-corrected chi connectivity index (χ1v) is 5.54. The maximum atomic E-state index is 13.1. The second-order valence-electron chi connectivity index (χ2n) is 3.99. The zero-order valence-electron chi connectivity index (χ0n) is 9.35. The van der Waals surface area contributed by atoms with Gasteiger partial charge < -0.3 is 5.32 Å². The Hall–Kier alpha value is -0.600. The number of benzene rings is 1. The molecule has 0 spiro atoms. The average molecular weight is 230 g/mol. The lowest BCUT2D eigenvalue weighted by atomic mass is 9.94. The molecule has 0 heterocycles. The van der Waals surface area contributed by atoms with Gasteiger partial charge in [0, 0.05) is 11.1 Å². The number of hydrogen-bond donors (Lipinski definition) is 1. The summed E-state index contributed by atoms with van der Waals surface area (Å²) in [4.78, 5) is 0. The minimum absolute atomic E-state index is 0.224. The monoisotopic (exact) mass is 229 g/mol. The van der Waals surface area contributed by atoms with Gasteiger partial charge in [0.05, 0.1) is 0 Å².